The first kappa shape index (κ1) is 19.2. The number of nitrogens with zero attached hydrogens (tertiary/aromatic N) is 2. The van der Waals surface area contributed by atoms with Gasteiger partial charge in [0.1, 0.15) is 5.54 Å². The maximum Gasteiger partial charge on any atom is 0.471 e. The van der Waals surface area contributed by atoms with E-state index in [0.29, 0.717) is 9.80 Å². The van der Waals surface area contributed by atoms with Crippen molar-refractivity contribution in [2.24, 2.45) is 0 Å². The van der Waals surface area contributed by atoms with Crippen molar-refractivity contribution in [3.8, 4) is 0 Å². The number of allylic oxidation sites excluding steroid dienone is 1. The Morgan fingerprint density at radius 1 is 1.28 bits per heavy atom. The Bertz CT molecular complexity index is 596. The molecule has 1 saturated heterocycles. The Balaban J connectivity index is 2.36. The van der Waals surface area contributed by atoms with Crippen LogP contribution in [0.3, 0.4) is 0 Å². The van der Waals surface area contributed by atoms with Crippen LogP contribution in [0.2, 0.25) is 0 Å². The topological polar surface area (TPSA) is 87.2 Å². The van der Waals surface area contributed by atoms with E-state index in [-0.39, 0.29) is 31.4 Å². The van der Waals surface area contributed by atoms with E-state index in [1.54, 1.807) is 0 Å². The summed E-state index contributed by atoms with van der Waals surface area (Å²) in [4.78, 5) is 37.9. The number of ether oxygens (including phenoxy) is 1. The van der Waals surface area contributed by atoms with Crippen molar-refractivity contribution in [1.82, 2.24) is 9.80 Å². The molecule has 7 nitrogen and oxygen atoms in total. The molecule has 1 N–H and O–H groups in total. The summed E-state index contributed by atoms with van der Waals surface area (Å²) >= 11 is 0. The summed E-state index contributed by atoms with van der Waals surface area (Å²) in [7, 11) is 0. The highest BCUT2D eigenvalue weighted by atomic mass is 19.4. The monoisotopic (exact) mass is 364 g/mol. The van der Waals surface area contributed by atoms with E-state index in [2.05, 4.69) is 6.58 Å². The van der Waals surface area contributed by atoms with Crippen molar-refractivity contribution in [3.05, 3.63) is 12.3 Å². The van der Waals surface area contributed by atoms with Crippen molar-refractivity contribution in [3.63, 3.8) is 0 Å². The van der Waals surface area contributed by atoms with Crippen molar-refractivity contribution in [2.75, 3.05) is 13.1 Å². The molecule has 1 aliphatic heterocycles. The van der Waals surface area contributed by atoms with E-state index >= 15 is 0 Å². The number of hydrogen-bond acceptors (Lipinski definition) is 5. The van der Waals surface area contributed by atoms with E-state index in [4.69, 9.17) is 4.74 Å². The lowest BCUT2D eigenvalue weighted by Gasteiger charge is -2.50. The third-order valence-electron chi connectivity index (χ3n) is 4.46. The molecule has 140 valence electrons. The molecule has 1 spiro atoms. The van der Waals surface area contributed by atoms with Crippen molar-refractivity contribution < 1.29 is 37.4 Å². The van der Waals surface area contributed by atoms with Gasteiger partial charge in [-0.3, -0.25) is 9.59 Å². The molecular weight excluding hydrogens is 345 g/mol. The molecule has 3 amide bonds. The average molecular weight is 364 g/mol. The lowest BCUT2D eigenvalue weighted by molar-refractivity contribution is -0.199. The molecule has 2 rings (SSSR count). The zero-order valence-electron chi connectivity index (χ0n) is 13.6. The van der Waals surface area contributed by atoms with Crippen LogP contribution in [-0.2, 0) is 14.3 Å². The molecule has 0 unspecified atom stereocenters. The summed E-state index contributed by atoms with van der Waals surface area (Å²) in [6.07, 6.45) is -7.16. The zero-order valence-corrected chi connectivity index (χ0v) is 13.6. The second kappa shape index (κ2) is 6.66. The first-order chi connectivity index (χ1) is 11.5. The molecule has 1 aliphatic carbocycles. The van der Waals surface area contributed by atoms with Crippen LogP contribution in [0.25, 0.3) is 0 Å². The maximum atomic E-state index is 12.9. The third kappa shape index (κ3) is 3.63. The highest BCUT2D eigenvalue weighted by Gasteiger charge is 2.58. The molecule has 1 saturated carbocycles. The van der Waals surface area contributed by atoms with Gasteiger partial charge in [-0.25, -0.2) is 9.69 Å². The minimum atomic E-state index is -5.14. The van der Waals surface area contributed by atoms with Gasteiger partial charge in [-0.15, -0.1) is 0 Å². The number of alkyl halides is 3. The Labute approximate surface area is 142 Å². The predicted molar refractivity (Wildman–Crippen MR) is 78.0 cm³/mol. The summed E-state index contributed by atoms with van der Waals surface area (Å²) in [5.74, 6) is -3.01. The summed E-state index contributed by atoms with van der Waals surface area (Å²) < 4.78 is 43.6. The quantitative estimate of drug-likeness (QED) is 0.714. The van der Waals surface area contributed by atoms with Gasteiger partial charge in [0.05, 0.1) is 11.9 Å². The second-order valence-electron chi connectivity index (χ2n) is 6.24. The first-order valence-electron chi connectivity index (χ1n) is 7.75. The molecule has 25 heavy (non-hydrogen) atoms. The van der Waals surface area contributed by atoms with E-state index < -0.39 is 48.8 Å². The van der Waals surface area contributed by atoms with Gasteiger partial charge in [-0.1, -0.05) is 6.58 Å². The Kier molecular flexibility index (Phi) is 5.12. The van der Waals surface area contributed by atoms with Crippen LogP contribution < -0.4 is 0 Å². The number of amides is 3. The second-order valence-corrected chi connectivity index (χ2v) is 6.24. The van der Waals surface area contributed by atoms with Crippen LogP contribution in [0.1, 0.15) is 32.6 Å². The van der Waals surface area contributed by atoms with E-state index in [1.807, 2.05) is 0 Å². The number of aliphatic hydroxyl groups excluding tert-OH is 1. The van der Waals surface area contributed by atoms with Crippen LogP contribution >= 0.6 is 0 Å². The van der Waals surface area contributed by atoms with Crippen LogP contribution in [0.4, 0.5) is 18.0 Å². The number of hydrogen-bond donors (Lipinski definition) is 1. The van der Waals surface area contributed by atoms with Gasteiger partial charge >= 0.3 is 18.2 Å². The van der Waals surface area contributed by atoms with Gasteiger partial charge in [-0.05, 0) is 32.6 Å². The number of piperazine rings is 1. The normalized spacial score (nSPS) is 27.4. The Morgan fingerprint density at radius 3 is 2.32 bits per heavy atom. The largest absolute Gasteiger partial charge is 0.471 e. The average Bonchev–Trinajstić information content (AvgIpc) is 2.50. The van der Waals surface area contributed by atoms with Crippen LogP contribution in [0, 0.1) is 0 Å². The third-order valence-corrected chi connectivity index (χ3v) is 4.46. The molecule has 0 aromatic carbocycles. The van der Waals surface area contributed by atoms with Gasteiger partial charge in [0.2, 0.25) is 0 Å². The summed E-state index contributed by atoms with van der Waals surface area (Å²) in [6, 6.07) is 0. The maximum absolute atomic E-state index is 12.9. The SMILES string of the molecule is C=C(C)OC(=O)N1CCN(C(=O)C(F)(F)F)[C@]2(CC[C@@H](O)CC2)C1=O. The van der Waals surface area contributed by atoms with Gasteiger partial charge in [0, 0.05) is 13.1 Å². The van der Waals surface area contributed by atoms with Crippen molar-refractivity contribution >= 4 is 17.9 Å². The van der Waals surface area contributed by atoms with Crippen LogP contribution in [-0.4, -0.2) is 63.7 Å². The van der Waals surface area contributed by atoms with Gasteiger partial charge in [-0.2, -0.15) is 13.2 Å². The fourth-order valence-electron chi connectivity index (χ4n) is 3.27. The highest BCUT2D eigenvalue weighted by molar-refractivity contribution is 6.01. The van der Waals surface area contributed by atoms with E-state index in [0.717, 1.165) is 0 Å². The van der Waals surface area contributed by atoms with Crippen molar-refractivity contribution in [1.29, 1.82) is 0 Å². The summed E-state index contributed by atoms with van der Waals surface area (Å²) in [6.45, 7) is 3.91. The molecule has 2 aliphatic rings. The van der Waals surface area contributed by atoms with Crippen LogP contribution in [0.5, 0.6) is 0 Å². The lowest BCUT2D eigenvalue weighted by Crippen LogP contribution is -2.70. The minimum absolute atomic E-state index is 0.0275. The number of imide groups is 1. The standard InChI is InChI=1S/C15H19F3N2O5/c1-9(2)25-13(24)19-7-8-20(12(23)15(16,17)18)14(11(19)22)5-3-10(21)4-6-14/h10,21H,1,3-8H2,2H3/t10-,14+. The zero-order chi connectivity index (χ0) is 19.0. The minimum Gasteiger partial charge on any atom is -0.415 e. The van der Waals surface area contributed by atoms with Crippen LogP contribution in [0.15, 0.2) is 12.3 Å². The number of rotatable bonds is 1. The molecule has 0 atom stereocenters. The number of carbonyl (C=O) groups is 3. The molecule has 1 heterocycles. The summed E-state index contributed by atoms with van der Waals surface area (Å²) in [5, 5.41) is 9.63. The number of aliphatic hydroxyl groups is 1. The fraction of sp³-hybridized carbons (Fsp3) is 0.667. The molecule has 0 aromatic heterocycles. The van der Waals surface area contributed by atoms with Gasteiger partial charge in [0.25, 0.3) is 5.91 Å². The highest BCUT2D eigenvalue weighted by Crippen LogP contribution is 2.40. The lowest BCUT2D eigenvalue weighted by atomic mass is 9.76. The molecule has 2 fully saturated rings. The molecule has 0 bridgehead atoms. The molecule has 10 heteroatoms. The smallest absolute Gasteiger partial charge is 0.415 e. The van der Waals surface area contributed by atoms with Crippen molar-refractivity contribution in [2.45, 2.75) is 50.4 Å². The van der Waals surface area contributed by atoms with E-state index in [1.165, 1.54) is 6.92 Å². The number of carbonyl (C=O) groups excluding carboxylic acids is 3. The predicted octanol–water partition coefficient (Wildman–Crippen LogP) is 1.56. The van der Waals surface area contributed by atoms with E-state index in [9.17, 15) is 32.7 Å². The molecular formula is C15H19F3N2O5. The Hall–Kier alpha value is -2.10. The first-order valence-corrected chi connectivity index (χ1v) is 7.75. The summed E-state index contributed by atoms with van der Waals surface area (Å²) in [5.41, 5.74) is -1.81. The fourth-order valence-corrected chi connectivity index (χ4v) is 3.27. The van der Waals surface area contributed by atoms with Gasteiger partial charge in [0.15, 0.2) is 0 Å². The molecule has 0 aromatic rings. The molecule has 0 radical (unpaired) electrons. The number of halogens is 3. The Morgan fingerprint density at radius 2 is 1.84 bits per heavy atom. The van der Waals surface area contributed by atoms with Gasteiger partial charge < -0.3 is 14.7 Å².